The maximum atomic E-state index is 12.2. The summed E-state index contributed by atoms with van der Waals surface area (Å²) in [4.78, 5) is 4.16. The van der Waals surface area contributed by atoms with Crippen LogP contribution in [0.15, 0.2) is 29.6 Å². The first-order valence-corrected chi connectivity index (χ1v) is 7.60. The molecule has 0 saturated heterocycles. The molecule has 0 atom stereocenters. The van der Waals surface area contributed by atoms with Crippen LogP contribution in [-0.2, 0) is 23.1 Å². The number of aromatic amines is 1. The summed E-state index contributed by atoms with van der Waals surface area (Å²) in [5, 5.41) is 9.29. The van der Waals surface area contributed by atoms with Gasteiger partial charge in [0.15, 0.2) is 5.03 Å². The van der Waals surface area contributed by atoms with Crippen molar-refractivity contribution in [2.45, 2.75) is 25.0 Å². The first-order valence-electron chi connectivity index (χ1n) is 6.11. The molecule has 0 unspecified atom stereocenters. The van der Waals surface area contributed by atoms with Gasteiger partial charge in [0.1, 0.15) is 0 Å². The molecule has 0 radical (unpaired) electrons. The molecule has 0 bridgehead atoms. The van der Waals surface area contributed by atoms with Gasteiger partial charge in [-0.15, -0.1) is 0 Å². The highest BCUT2D eigenvalue weighted by atomic mass is 32.2. The Morgan fingerprint density at radius 1 is 1.35 bits per heavy atom. The van der Waals surface area contributed by atoms with Crippen LogP contribution in [0.1, 0.15) is 16.8 Å². The standard InChI is InChI=1S/C12H17N5O2S/c1-9-4-3-5-14-11(9)8-16-20(18,19)12-10(6-13-2)7-15-17-12/h3-5,7,13,16H,6,8H2,1-2H3,(H,15,17). The van der Waals surface area contributed by atoms with Crippen molar-refractivity contribution in [1.29, 1.82) is 0 Å². The van der Waals surface area contributed by atoms with Crippen LogP contribution in [0.5, 0.6) is 0 Å². The number of nitrogens with one attached hydrogen (secondary N) is 3. The van der Waals surface area contributed by atoms with Crippen LogP contribution < -0.4 is 10.0 Å². The van der Waals surface area contributed by atoms with Crippen molar-refractivity contribution in [2.24, 2.45) is 0 Å². The number of pyridine rings is 1. The quantitative estimate of drug-likeness (QED) is 0.712. The van der Waals surface area contributed by atoms with Crippen molar-refractivity contribution in [3.05, 3.63) is 41.3 Å². The molecule has 0 aliphatic heterocycles. The van der Waals surface area contributed by atoms with Crippen molar-refractivity contribution in [3.63, 3.8) is 0 Å². The fourth-order valence-corrected chi connectivity index (χ4v) is 2.90. The Labute approximate surface area is 117 Å². The fourth-order valence-electron chi connectivity index (χ4n) is 1.79. The Kier molecular flexibility index (Phi) is 4.48. The van der Waals surface area contributed by atoms with E-state index >= 15 is 0 Å². The third kappa shape index (κ3) is 3.21. The van der Waals surface area contributed by atoms with E-state index in [0.29, 0.717) is 17.8 Å². The SMILES string of the molecule is CNCc1cn[nH]c1S(=O)(=O)NCc1ncccc1C. The zero-order valence-electron chi connectivity index (χ0n) is 11.3. The van der Waals surface area contributed by atoms with E-state index in [0.717, 1.165) is 5.56 Å². The van der Waals surface area contributed by atoms with Gasteiger partial charge in [0.05, 0.1) is 18.4 Å². The van der Waals surface area contributed by atoms with Crippen molar-refractivity contribution < 1.29 is 8.42 Å². The van der Waals surface area contributed by atoms with Crippen LogP contribution in [0.25, 0.3) is 0 Å². The third-order valence-corrected chi connectivity index (χ3v) is 4.28. The Hall–Kier alpha value is -1.77. The molecule has 0 saturated carbocycles. The summed E-state index contributed by atoms with van der Waals surface area (Å²) in [6.07, 6.45) is 3.14. The minimum absolute atomic E-state index is 0.0837. The number of H-pyrrole nitrogens is 1. The molecule has 0 aromatic carbocycles. The molecular formula is C12H17N5O2S. The highest BCUT2D eigenvalue weighted by molar-refractivity contribution is 7.89. The molecule has 20 heavy (non-hydrogen) atoms. The van der Waals surface area contributed by atoms with E-state index in [1.54, 1.807) is 13.2 Å². The molecular weight excluding hydrogens is 278 g/mol. The van der Waals surface area contributed by atoms with Crippen LogP contribution >= 0.6 is 0 Å². The number of hydrogen-bond donors (Lipinski definition) is 3. The summed E-state index contributed by atoms with van der Waals surface area (Å²) in [7, 11) is -1.89. The Morgan fingerprint density at radius 2 is 2.15 bits per heavy atom. The van der Waals surface area contributed by atoms with Gasteiger partial charge in [-0.05, 0) is 25.6 Å². The smallest absolute Gasteiger partial charge is 0.258 e. The lowest BCUT2D eigenvalue weighted by Gasteiger charge is -2.08. The van der Waals surface area contributed by atoms with E-state index in [-0.39, 0.29) is 11.6 Å². The van der Waals surface area contributed by atoms with Gasteiger partial charge in [0.2, 0.25) is 0 Å². The first kappa shape index (κ1) is 14.6. The second kappa shape index (κ2) is 6.12. The van der Waals surface area contributed by atoms with Crippen LogP contribution in [0, 0.1) is 6.92 Å². The summed E-state index contributed by atoms with van der Waals surface area (Å²) in [6.45, 7) is 2.46. The second-order valence-corrected chi connectivity index (χ2v) is 6.05. The lowest BCUT2D eigenvalue weighted by molar-refractivity contribution is 0.573. The summed E-state index contributed by atoms with van der Waals surface area (Å²) < 4.78 is 27.0. The number of nitrogens with zero attached hydrogens (tertiary/aromatic N) is 2. The van der Waals surface area contributed by atoms with E-state index in [2.05, 4.69) is 25.2 Å². The molecule has 3 N–H and O–H groups in total. The van der Waals surface area contributed by atoms with E-state index in [9.17, 15) is 8.42 Å². The van der Waals surface area contributed by atoms with Gasteiger partial charge < -0.3 is 5.32 Å². The normalized spacial score (nSPS) is 11.7. The first-order chi connectivity index (χ1) is 9.54. The topological polar surface area (TPSA) is 99.8 Å². The highest BCUT2D eigenvalue weighted by Crippen LogP contribution is 2.12. The molecule has 0 fully saturated rings. The van der Waals surface area contributed by atoms with Gasteiger partial charge in [0.25, 0.3) is 10.0 Å². The average Bonchev–Trinajstić information content (AvgIpc) is 2.87. The van der Waals surface area contributed by atoms with Crippen molar-refractivity contribution in [2.75, 3.05) is 7.05 Å². The average molecular weight is 295 g/mol. The molecule has 0 aliphatic rings. The molecule has 8 heteroatoms. The lowest BCUT2D eigenvalue weighted by atomic mass is 10.2. The van der Waals surface area contributed by atoms with E-state index in [4.69, 9.17) is 0 Å². The molecule has 2 heterocycles. The van der Waals surface area contributed by atoms with Gasteiger partial charge >= 0.3 is 0 Å². The predicted octanol–water partition coefficient (Wildman–Crippen LogP) is 0.311. The van der Waals surface area contributed by atoms with Crippen LogP contribution in [0.2, 0.25) is 0 Å². The van der Waals surface area contributed by atoms with Gasteiger partial charge in [-0.1, -0.05) is 6.07 Å². The third-order valence-electron chi connectivity index (χ3n) is 2.86. The minimum Gasteiger partial charge on any atom is -0.316 e. The van der Waals surface area contributed by atoms with Crippen molar-refractivity contribution >= 4 is 10.0 Å². The molecule has 2 rings (SSSR count). The number of rotatable bonds is 6. The zero-order chi connectivity index (χ0) is 14.6. The summed E-state index contributed by atoms with van der Waals surface area (Å²) >= 11 is 0. The summed E-state index contributed by atoms with van der Waals surface area (Å²) in [6, 6.07) is 3.70. The Morgan fingerprint density at radius 3 is 2.85 bits per heavy atom. The molecule has 0 spiro atoms. The minimum atomic E-state index is -3.63. The largest absolute Gasteiger partial charge is 0.316 e. The van der Waals surface area contributed by atoms with Crippen molar-refractivity contribution in [1.82, 2.24) is 25.2 Å². The Bertz CT molecular complexity index is 681. The van der Waals surface area contributed by atoms with E-state index in [1.165, 1.54) is 6.20 Å². The van der Waals surface area contributed by atoms with E-state index < -0.39 is 10.0 Å². The molecule has 2 aromatic heterocycles. The number of sulfonamides is 1. The monoisotopic (exact) mass is 295 g/mol. The number of hydrogen-bond acceptors (Lipinski definition) is 5. The predicted molar refractivity (Wildman–Crippen MR) is 74.4 cm³/mol. The number of aromatic nitrogens is 3. The maximum Gasteiger partial charge on any atom is 0.258 e. The summed E-state index contributed by atoms with van der Waals surface area (Å²) in [5.41, 5.74) is 2.23. The lowest BCUT2D eigenvalue weighted by Crippen LogP contribution is -2.26. The van der Waals surface area contributed by atoms with Gasteiger partial charge in [-0.2, -0.15) is 5.10 Å². The Balaban J connectivity index is 2.15. The van der Waals surface area contributed by atoms with Gasteiger partial charge in [0, 0.05) is 18.3 Å². The molecule has 0 amide bonds. The zero-order valence-corrected chi connectivity index (χ0v) is 12.2. The molecule has 0 aliphatic carbocycles. The molecule has 108 valence electrons. The summed E-state index contributed by atoms with van der Waals surface area (Å²) in [5.74, 6) is 0. The molecule has 7 nitrogen and oxygen atoms in total. The van der Waals surface area contributed by atoms with Crippen molar-refractivity contribution in [3.8, 4) is 0 Å². The van der Waals surface area contributed by atoms with Gasteiger partial charge in [-0.3, -0.25) is 10.1 Å². The van der Waals surface area contributed by atoms with Crippen LogP contribution in [0.4, 0.5) is 0 Å². The second-order valence-electron chi connectivity index (χ2n) is 4.35. The number of aryl methyl sites for hydroxylation is 1. The van der Waals surface area contributed by atoms with Crippen LogP contribution in [0.3, 0.4) is 0 Å². The highest BCUT2D eigenvalue weighted by Gasteiger charge is 2.20. The van der Waals surface area contributed by atoms with Gasteiger partial charge in [-0.25, -0.2) is 13.1 Å². The fraction of sp³-hybridized carbons (Fsp3) is 0.333. The van der Waals surface area contributed by atoms with E-state index in [1.807, 2.05) is 19.1 Å². The van der Waals surface area contributed by atoms with Crippen LogP contribution in [-0.4, -0.2) is 30.6 Å². The maximum absolute atomic E-state index is 12.2. The molecule has 2 aromatic rings.